The van der Waals surface area contributed by atoms with Crippen LogP contribution < -0.4 is 0 Å². The van der Waals surface area contributed by atoms with Gasteiger partial charge in [0, 0.05) is 6.08 Å². The minimum atomic E-state index is -0.627. The molecule has 3 nitrogen and oxygen atoms in total. The van der Waals surface area contributed by atoms with Crippen LogP contribution in [-0.4, -0.2) is 17.2 Å². The van der Waals surface area contributed by atoms with Gasteiger partial charge in [0.2, 0.25) is 5.76 Å². The van der Waals surface area contributed by atoms with Crippen molar-refractivity contribution in [2.75, 3.05) is 0 Å². The van der Waals surface area contributed by atoms with Crippen molar-refractivity contribution in [1.82, 2.24) is 0 Å². The molecular formula is C5H6O3. The van der Waals surface area contributed by atoms with Gasteiger partial charge in [-0.2, -0.15) is 0 Å². The number of rotatable bonds is 0. The van der Waals surface area contributed by atoms with Gasteiger partial charge in [-0.25, -0.2) is 4.79 Å². The van der Waals surface area contributed by atoms with Crippen LogP contribution in [0.2, 0.25) is 0 Å². The Hall–Kier alpha value is -0.990. The number of hydrogen-bond donors (Lipinski definition) is 1. The Kier molecular flexibility index (Phi) is 0.970. The summed E-state index contributed by atoms with van der Waals surface area (Å²) in [7, 11) is 0. The van der Waals surface area contributed by atoms with E-state index >= 15 is 0 Å². The summed E-state index contributed by atoms with van der Waals surface area (Å²) in [5.41, 5.74) is 0. The second-order valence-electron chi connectivity index (χ2n) is 1.66. The Labute approximate surface area is 46.6 Å². The van der Waals surface area contributed by atoms with Gasteiger partial charge in [-0.05, 0) is 6.92 Å². The highest BCUT2D eigenvalue weighted by molar-refractivity contribution is 5.88. The molecule has 1 atom stereocenters. The average Bonchev–Trinajstić information content (AvgIpc) is 1.85. The maximum atomic E-state index is 10.2. The fraction of sp³-hybridized carbons (Fsp3) is 0.400. The Morgan fingerprint density at radius 2 is 2.50 bits per heavy atom. The maximum Gasteiger partial charge on any atom is 0.373 e. The lowest BCUT2D eigenvalue weighted by molar-refractivity contribution is -0.141. The van der Waals surface area contributed by atoms with Crippen LogP contribution in [0.15, 0.2) is 11.8 Å². The number of cyclic esters (lactones) is 1. The molecule has 0 aromatic carbocycles. The first kappa shape index (κ1) is 5.15. The quantitative estimate of drug-likeness (QED) is 0.463. The topological polar surface area (TPSA) is 46.5 Å². The van der Waals surface area contributed by atoms with E-state index in [2.05, 4.69) is 4.74 Å². The molecule has 0 aromatic heterocycles. The molecule has 0 fully saturated rings. The summed E-state index contributed by atoms with van der Waals surface area (Å²) in [5, 5.41) is 8.55. The molecule has 0 aromatic rings. The second kappa shape index (κ2) is 1.51. The van der Waals surface area contributed by atoms with Gasteiger partial charge in [0.1, 0.15) is 6.10 Å². The van der Waals surface area contributed by atoms with Gasteiger partial charge in [0.25, 0.3) is 0 Å². The number of hydrogen-bond acceptors (Lipinski definition) is 3. The minimum absolute atomic E-state index is 0.262. The molecule has 1 heterocycles. The predicted octanol–water partition coefficient (Wildman–Crippen LogP) is 0.374. The van der Waals surface area contributed by atoms with Gasteiger partial charge in [-0.1, -0.05) is 0 Å². The highest BCUT2D eigenvalue weighted by Gasteiger charge is 2.20. The third-order valence-electron chi connectivity index (χ3n) is 0.895. The number of aliphatic hydroxyl groups is 1. The third kappa shape index (κ3) is 0.665. The lowest BCUT2D eigenvalue weighted by atomic mass is 10.4. The van der Waals surface area contributed by atoms with Crippen LogP contribution in [0.5, 0.6) is 0 Å². The number of carbonyl (C=O) groups excluding carboxylic acids is 1. The first-order chi connectivity index (χ1) is 3.70. The minimum Gasteiger partial charge on any atom is -0.502 e. The van der Waals surface area contributed by atoms with Gasteiger partial charge < -0.3 is 9.84 Å². The van der Waals surface area contributed by atoms with Crippen molar-refractivity contribution in [3.8, 4) is 0 Å². The second-order valence-corrected chi connectivity index (χ2v) is 1.66. The summed E-state index contributed by atoms with van der Waals surface area (Å²) in [6, 6.07) is 0. The summed E-state index contributed by atoms with van der Waals surface area (Å²) in [4.78, 5) is 10.2. The van der Waals surface area contributed by atoms with Crippen molar-refractivity contribution in [3.05, 3.63) is 11.8 Å². The fourth-order valence-electron chi connectivity index (χ4n) is 0.554. The number of carbonyl (C=O) groups is 1. The molecule has 1 aliphatic heterocycles. The van der Waals surface area contributed by atoms with Crippen molar-refractivity contribution in [1.29, 1.82) is 0 Å². The van der Waals surface area contributed by atoms with E-state index in [0.717, 1.165) is 0 Å². The van der Waals surface area contributed by atoms with Crippen LogP contribution in [0.4, 0.5) is 0 Å². The van der Waals surface area contributed by atoms with Crippen molar-refractivity contribution >= 4 is 5.97 Å². The van der Waals surface area contributed by atoms with Gasteiger partial charge in [0.05, 0.1) is 0 Å². The molecule has 1 unspecified atom stereocenters. The van der Waals surface area contributed by atoms with Gasteiger partial charge in [-0.3, -0.25) is 0 Å². The zero-order valence-corrected chi connectivity index (χ0v) is 4.42. The molecule has 0 saturated heterocycles. The Morgan fingerprint density at radius 3 is 2.62 bits per heavy atom. The fourth-order valence-corrected chi connectivity index (χ4v) is 0.554. The van der Waals surface area contributed by atoms with E-state index in [0.29, 0.717) is 0 Å². The van der Waals surface area contributed by atoms with E-state index in [1.165, 1.54) is 6.08 Å². The van der Waals surface area contributed by atoms with Crippen LogP contribution in [-0.2, 0) is 9.53 Å². The predicted molar refractivity (Wildman–Crippen MR) is 26.3 cm³/mol. The Morgan fingerprint density at radius 1 is 1.88 bits per heavy atom. The lowest BCUT2D eigenvalue weighted by Gasteiger charge is -1.95. The molecule has 0 spiro atoms. The normalized spacial score (nSPS) is 27.4. The SMILES string of the molecule is CC1C=C(O)C(=O)O1. The smallest absolute Gasteiger partial charge is 0.373 e. The van der Waals surface area contributed by atoms with Gasteiger partial charge in [0.15, 0.2) is 0 Å². The van der Waals surface area contributed by atoms with Crippen molar-refractivity contribution in [2.45, 2.75) is 13.0 Å². The van der Waals surface area contributed by atoms with E-state index in [1.807, 2.05) is 0 Å². The standard InChI is InChI=1S/C5H6O3/c1-3-2-4(6)5(7)8-3/h2-3,6H,1H3. The number of esters is 1. The largest absolute Gasteiger partial charge is 0.502 e. The summed E-state index contributed by atoms with van der Waals surface area (Å²) in [6.45, 7) is 1.68. The van der Waals surface area contributed by atoms with Crippen LogP contribution >= 0.6 is 0 Å². The Bertz CT molecular complexity index is 148. The van der Waals surface area contributed by atoms with Crippen molar-refractivity contribution in [2.24, 2.45) is 0 Å². The molecule has 0 aliphatic carbocycles. The van der Waals surface area contributed by atoms with E-state index in [1.54, 1.807) is 6.92 Å². The molecule has 0 radical (unpaired) electrons. The van der Waals surface area contributed by atoms with Crippen LogP contribution in [0, 0.1) is 0 Å². The molecule has 44 valence electrons. The third-order valence-corrected chi connectivity index (χ3v) is 0.895. The van der Waals surface area contributed by atoms with E-state index in [9.17, 15) is 4.79 Å². The average molecular weight is 114 g/mol. The van der Waals surface area contributed by atoms with Crippen LogP contribution in [0.25, 0.3) is 0 Å². The van der Waals surface area contributed by atoms with E-state index < -0.39 is 5.97 Å². The molecule has 0 amide bonds. The lowest BCUT2D eigenvalue weighted by Crippen LogP contribution is -2.02. The molecule has 0 bridgehead atoms. The van der Waals surface area contributed by atoms with E-state index in [-0.39, 0.29) is 11.9 Å². The van der Waals surface area contributed by atoms with Crippen LogP contribution in [0.1, 0.15) is 6.92 Å². The van der Waals surface area contributed by atoms with Gasteiger partial charge in [-0.15, -0.1) is 0 Å². The summed E-state index contributed by atoms with van der Waals surface area (Å²) in [5.74, 6) is -0.907. The molecule has 0 saturated carbocycles. The van der Waals surface area contributed by atoms with Crippen molar-refractivity contribution in [3.63, 3.8) is 0 Å². The first-order valence-corrected chi connectivity index (χ1v) is 2.32. The van der Waals surface area contributed by atoms with Crippen LogP contribution in [0.3, 0.4) is 0 Å². The van der Waals surface area contributed by atoms with E-state index in [4.69, 9.17) is 5.11 Å². The molecule has 1 aliphatic rings. The molecule has 8 heavy (non-hydrogen) atoms. The molecular weight excluding hydrogens is 108 g/mol. The zero-order valence-electron chi connectivity index (χ0n) is 4.42. The Balaban J connectivity index is 2.73. The zero-order chi connectivity index (χ0) is 6.15. The van der Waals surface area contributed by atoms with Gasteiger partial charge >= 0.3 is 5.97 Å². The maximum absolute atomic E-state index is 10.2. The highest BCUT2D eigenvalue weighted by Crippen LogP contribution is 2.08. The monoisotopic (exact) mass is 114 g/mol. The summed E-state index contributed by atoms with van der Waals surface area (Å²) < 4.78 is 4.49. The first-order valence-electron chi connectivity index (χ1n) is 2.32. The number of ether oxygens (including phenoxy) is 1. The molecule has 1 N–H and O–H groups in total. The molecule has 1 rings (SSSR count). The highest BCUT2D eigenvalue weighted by atomic mass is 16.6. The summed E-state index contributed by atoms with van der Waals surface area (Å²) in [6.07, 6.45) is 1.10. The number of aliphatic hydroxyl groups excluding tert-OH is 1. The molecule has 3 heteroatoms. The van der Waals surface area contributed by atoms with Crippen molar-refractivity contribution < 1.29 is 14.6 Å². The summed E-state index contributed by atoms with van der Waals surface area (Å²) >= 11 is 0.